The first-order valence-corrected chi connectivity index (χ1v) is 6.21. The molecule has 0 heterocycles. The molecule has 21 heavy (non-hydrogen) atoms. The van der Waals surface area contributed by atoms with Crippen molar-refractivity contribution in [2.75, 3.05) is 6.54 Å². The van der Waals surface area contributed by atoms with Gasteiger partial charge in [-0.3, -0.25) is 0 Å². The standard InChI is InChI=1S/C15H16F3NO2/c1-14(2,3)21-13(20)19-10-4-5-11-6-8-12(9-7-11)15(16,17)18/h6-9H,10H2,1-3H3,(H,19,20). The Balaban J connectivity index is 2.51. The summed E-state index contributed by atoms with van der Waals surface area (Å²) in [6.07, 6.45) is -4.95. The number of nitrogens with one attached hydrogen (secondary N) is 1. The van der Waals surface area contributed by atoms with Gasteiger partial charge in [-0.1, -0.05) is 11.8 Å². The van der Waals surface area contributed by atoms with Gasteiger partial charge in [0, 0.05) is 5.56 Å². The summed E-state index contributed by atoms with van der Waals surface area (Å²) in [5, 5.41) is 2.43. The number of halogens is 3. The van der Waals surface area contributed by atoms with Crippen LogP contribution in [0.25, 0.3) is 0 Å². The van der Waals surface area contributed by atoms with Gasteiger partial charge in [0.1, 0.15) is 5.60 Å². The monoisotopic (exact) mass is 299 g/mol. The van der Waals surface area contributed by atoms with Crippen LogP contribution in [-0.4, -0.2) is 18.2 Å². The molecule has 114 valence electrons. The normalized spacial score (nSPS) is 11.3. The highest BCUT2D eigenvalue weighted by molar-refractivity contribution is 5.68. The maximum Gasteiger partial charge on any atom is 0.416 e. The van der Waals surface area contributed by atoms with Crippen molar-refractivity contribution >= 4 is 6.09 Å². The molecule has 1 amide bonds. The molecule has 0 bridgehead atoms. The van der Waals surface area contributed by atoms with E-state index in [1.807, 2.05) is 0 Å². The summed E-state index contributed by atoms with van der Waals surface area (Å²) in [7, 11) is 0. The zero-order valence-electron chi connectivity index (χ0n) is 12.0. The summed E-state index contributed by atoms with van der Waals surface area (Å²) in [6.45, 7) is 5.26. The van der Waals surface area contributed by atoms with Crippen LogP contribution in [0, 0.1) is 11.8 Å². The van der Waals surface area contributed by atoms with Crippen LogP contribution in [0.15, 0.2) is 24.3 Å². The van der Waals surface area contributed by atoms with Gasteiger partial charge in [0.2, 0.25) is 0 Å². The highest BCUT2D eigenvalue weighted by Gasteiger charge is 2.29. The predicted octanol–water partition coefficient (Wildman–Crippen LogP) is 3.58. The molecular weight excluding hydrogens is 283 g/mol. The lowest BCUT2D eigenvalue weighted by Gasteiger charge is -2.18. The average Bonchev–Trinajstić information content (AvgIpc) is 2.32. The quantitative estimate of drug-likeness (QED) is 0.805. The van der Waals surface area contributed by atoms with Gasteiger partial charge in [-0.15, -0.1) is 0 Å². The van der Waals surface area contributed by atoms with E-state index in [0.717, 1.165) is 12.1 Å². The molecule has 0 radical (unpaired) electrons. The first kappa shape index (κ1) is 16.9. The molecule has 1 N–H and O–H groups in total. The third-order valence-electron chi connectivity index (χ3n) is 2.16. The maximum absolute atomic E-state index is 12.4. The Bertz CT molecular complexity index is 546. The van der Waals surface area contributed by atoms with Crippen molar-refractivity contribution in [1.29, 1.82) is 0 Å². The van der Waals surface area contributed by atoms with Crippen molar-refractivity contribution in [2.24, 2.45) is 0 Å². The molecule has 1 aromatic rings. The second kappa shape index (κ2) is 6.53. The Morgan fingerprint density at radius 1 is 1.19 bits per heavy atom. The third-order valence-corrected chi connectivity index (χ3v) is 2.16. The lowest BCUT2D eigenvalue weighted by Crippen LogP contribution is -2.32. The first-order chi connectivity index (χ1) is 9.58. The van der Waals surface area contributed by atoms with E-state index < -0.39 is 23.4 Å². The summed E-state index contributed by atoms with van der Waals surface area (Å²) >= 11 is 0. The number of alkyl halides is 3. The summed E-state index contributed by atoms with van der Waals surface area (Å²) in [5.41, 5.74) is -0.876. The molecule has 0 unspecified atom stereocenters. The summed E-state index contributed by atoms with van der Waals surface area (Å²) in [6, 6.07) is 4.49. The number of hydrogen-bond acceptors (Lipinski definition) is 2. The fourth-order valence-electron chi connectivity index (χ4n) is 1.32. The summed E-state index contributed by atoms with van der Waals surface area (Å²) in [5.74, 6) is 5.29. The van der Waals surface area contributed by atoms with E-state index >= 15 is 0 Å². The number of alkyl carbamates (subject to hydrolysis) is 1. The second-order valence-electron chi connectivity index (χ2n) is 5.23. The van der Waals surface area contributed by atoms with Gasteiger partial charge in [0.25, 0.3) is 0 Å². The number of benzene rings is 1. The van der Waals surface area contributed by atoms with E-state index in [4.69, 9.17) is 4.74 Å². The van der Waals surface area contributed by atoms with Crippen LogP contribution in [0.3, 0.4) is 0 Å². The van der Waals surface area contributed by atoms with Crippen molar-refractivity contribution in [1.82, 2.24) is 5.32 Å². The zero-order chi connectivity index (χ0) is 16.1. The molecule has 0 spiro atoms. The lowest BCUT2D eigenvalue weighted by molar-refractivity contribution is -0.137. The topological polar surface area (TPSA) is 38.3 Å². The van der Waals surface area contributed by atoms with Crippen molar-refractivity contribution in [2.45, 2.75) is 32.5 Å². The van der Waals surface area contributed by atoms with Gasteiger partial charge in [-0.2, -0.15) is 13.2 Å². The first-order valence-electron chi connectivity index (χ1n) is 6.21. The molecule has 6 heteroatoms. The molecule has 0 aromatic heterocycles. The maximum atomic E-state index is 12.4. The van der Waals surface area contributed by atoms with Crippen LogP contribution in [0.4, 0.5) is 18.0 Å². The van der Waals surface area contributed by atoms with Gasteiger partial charge >= 0.3 is 12.3 Å². The van der Waals surface area contributed by atoms with Crippen LogP contribution in [-0.2, 0) is 10.9 Å². The highest BCUT2D eigenvalue weighted by Crippen LogP contribution is 2.28. The van der Waals surface area contributed by atoms with E-state index in [2.05, 4.69) is 17.2 Å². The average molecular weight is 299 g/mol. The van der Waals surface area contributed by atoms with Crippen LogP contribution in [0.2, 0.25) is 0 Å². The molecule has 0 fully saturated rings. The van der Waals surface area contributed by atoms with Gasteiger partial charge in [0.15, 0.2) is 0 Å². The lowest BCUT2D eigenvalue weighted by atomic mass is 10.1. The number of ether oxygens (including phenoxy) is 1. The van der Waals surface area contributed by atoms with Crippen molar-refractivity contribution in [3.8, 4) is 11.8 Å². The molecule has 0 aliphatic heterocycles. The molecule has 3 nitrogen and oxygen atoms in total. The van der Waals surface area contributed by atoms with Gasteiger partial charge in [-0.05, 0) is 45.0 Å². The van der Waals surface area contributed by atoms with E-state index in [-0.39, 0.29) is 6.54 Å². The Morgan fingerprint density at radius 3 is 2.24 bits per heavy atom. The number of amides is 1. The van der Waals surface area contributed by atoms with E-state index in [1.54, 1.807) is 20.8 Å². The van der Waals surface area contributed by atoms with Crippen molar-refractivity contribution in [3.63, 3.8) is 0 Å². The Hall–Kier alpha value is -2.16. The van der Waals surface area contributed by atoms with Crippen molar-refractivity contribution in [3.05, 3.63) is 35.4 Å². The van der Waals surface area contributed by atoms with Crippen LogP contribution in [0.5, 0.6) is 0 Å². The fraction of sp³-hybridized carbons (Fsp3) is 0.400. The van der Waals surface area contributed by atoms with Gasteiger partial charge in [-0.25, -0.2) is 4.79 Å². The second-order valence-corrected chi connectivity index (χ2v) is 5.23. The number of carbonyl (C=O) groups excluding carboxylic acids is 1. The molecule has 0 aliphatic carbocycles. The fourth-order valence-corrected chi connectivity index (χ4v) is 1.32. The highest BCUT2D eigenvalue weighted by atomic mass is 19.4. The van der Waals surface area contributed by atoms with Gasteiger partial charge < -0.3 is 10.1 Å². The largest absolute Gasteiger partial charge is 0.444 e. The minimum absolute atomic E-state index is 0.0515. The molecule has 0 saturated carbocycles. The smallest absolute Gasteiger partial charge is 0.416 e. The molecule has 1 aromatic carbocycles. The van der Waals surface area contributed by atoms with Crippen LogP contribution < -0.4 is 5.32 Å². The molecule has 0 saturated heterocycles. The number of rotatable bonds is 1. The van der Waals surface area contributed by atoms with Gasteiger partial charge in [0.05, 0.1) is 12.1 Å². The van der Waals surface area contributed by atoms with Crippen LogP contribution in [0.1, 0.15) is 31.9 Å². The Labute approximate surface area is 121 Å². The molecule has 1 rings (SSSR count). The van der Waals surface area contributed by atoms with E-state index in [9.17, 15) is 18.0 Å². The Kier molecular flexibility index (Phi) is 5.25. The molecular formula is C15H16F3NO2. The van der Waals surface area contributed by atoms with Crippen molar-refractivity contribution < 1.29 is 22.7 Å². The molecule has 0 aliphatic rings. The number of carbonyl (C=O) groups is 1. The van der Waals surface area contributed by atoms with Crippen LogP contribution >= 0.6 is 0 Å². The Morgan fingerprint density at radius 2 is 1.76 bits per heavy atom. The summed E-state index contributed by atoms with van der Waals surface area (Å²) < 4.78 is 42.1. The predicted molar refractivity (Wildman–Crippen MR) is 72.6 cm³/mol. The SMILES string of the molecule is CC(C)(C)OC(=O)NCC#Cc1ccc(C(F)(F)F)cc1. The summed E-state index contributed by atoms with van der Waals surface area (Å²) in [4.78, 5) is 11.3. The third kappa shape index (κ3) is 6.70. The minimum Gasteiger partial charge on any atom is -0.444 e. The zero-order valence-corrected chi connectivity index (χ0v) is 12.0. The van der Waals surface area contributed by atoms with E-state index in [1.165, 1.54) is 12.1 Å². The number of hydrogen-bond donors (Lipinski definition) is 1. The minimum atomic E-state index is -4.36. The molecule has 0 atom stereocenters. The van der Waals surface area contributed by atoms with E-state index in [0.29, 0.717) is 5.56 Å².